The molecule has 1 aromatic rings. The van der Waals surface area contributed by atoms with Crippen LogP contribution in [-0.4, -0.2) is 42.6 Å². The molecule has 0 saturated carbocycles. The van der Waals surface area contributed by atoms with Gasteiger partial charge in [0.2, 0.25) is 5.91 Å². The van der Waals surface area contributed by atoms with Crippen molar-refractivity contribution < 1.29 is 9.53 Å². The van der Waals surface area contributed by atoms with Gasteiger partial charge in [-0.1, -0.05) is 32.0 Å². The van der Waals surface area contributed by atoms with Gasteiger partial charge in [0.25, 0.3) is 0 Å². The summed E-state index contributed by atoms with van der Waals surface area (Å²) < 4.78 is 5.95. The number of nitrogens with one attached hydrogen (secondary N) is 1. The summed E-state index contributed by atoms with van der Waals surface area (Å²) in [6, 6.07) is 10.3. The average molecular weight is 290 g/mol. The Morgan fingerprint density at radius 3 is 2.57 bits per heavy atom. The van der Waals surface area contributed by atoms with Gasteiger partial charge < -0.3 is 15.0 Å². The summed E-state index contributed by atoms with van der Waals surface area (Å²) in [6.45, 7) is 6.56. The summed E-state index contributed by atoms with van der Waals surface area (Å²) in [5, 5.41) is 3.28. The maximum absolute atomic E-state index is 12.1. The van der Waals surface area contributed by atoms with Crippen LogP contribution in [0.3, 0.4) is 0 Å². The monoisotopic (exact) mass is 290 g/mol. The first-order valence-corrected chi connectivity index (χ1v) is 7.88. The quantitative estimate of drug-likeness (QED) is 0.875. The first-order chi connectivity index (χ1) is 10.1. The molecule has 1 aliphatic heterocycles. The zero-order valence-corrected chi connectivity index (χ0v) is 13.0. The van der Waals surface area contributed by atoms with Crippen LogP contribution in [0.2, 0.25) is 0 Å². The molecule has 0 aliphatic carbocycles. The fraction of sp³-hybridized carbons (Fsp3) is 0.588. The highest BCUT2D eigenvalue weighted by molar-refractivity contribution is 5.76. The van der Waals surface area contributed by atoms with E-state index in [9.17, 15) is 4.79 Å². The van der Waals surface area contributed by atoms with Crippen LogP contribution in [0.15, 0.2) is 30.3 Å². The van der Waals surface area contributed by atoms with Gasteiger partial charge in [0, 0.05) is 44.9 Å². The number of likely N-dealkylation sites (tertiary alicyclic amines) is 1. The lowest BCUT2D eigenvalue weighted by Gasteiger charge is -2.32. The van der Waals surface area contributed by atoms with E-state index in [1.807, 2.05) is 35.2 Å². The van der Waals surface area contributed by atoms with Gasteiger partial charge in [0.1, 0.15) is 11.9 Å². The second-order valence-electron chi connectivity index (χ2n) is 5.87. The fourth-order valence-electron chi connectivity index (χ4n) is 2.54. The van der Waals surface area contributed by atoms with Crippen LogP contribution in [0.25, 0.3) is 0 Å². The van der Waals surface area contributed by atoms with Crippen molar-refractivity contribution in [2.45, 2.75) is 45.3 Å². The van der Waals surface area contributed by atoms with Crippen molar-refractivity contribution >= 4 is 5.91 Å². The van der Waals surface area contributed by atoms with Gasteiger partial charge in [-0.3, -0.25) is 4.79 Å². The van der Waals surface area contributed by atoms with Gasteiger partial charge in [-0.05, 0) is 12.1 Å². The van der Waals surface area contributed by atoms with Crippen LogP contribution in [0, 0.1) is 0 Å². The molecule has 0 aromatic heterocycles. The van der Waals surface area contributed by atoms with E-state index < -0.39 is 0 Å². The first-order valence-electron chi connectivity index (χ1n) is 7.88. The van der Waals surface area contributed by atoms with Gasteiger partial charge in [-0.2, -0.15) is 0 Å². The minimum atomic E-state index is 0.227. The summed E-state index contributed by atoms with van der Waals surface area (Å²) >= 11 is 0. The number of hydrogen-bond acceptors (Lipinski definition) is 3. The Bertz CT molecular complexity index is 426. The molecular formula is C17H26N2O2. The molecular weight excluding hydrogens is 264 g/mol. The van der Waals surface area contributed by atoms with E-state index in [-0.39, 0.29) is 12.0 Å². The number of carbonyl (C=O) groups excluding carboxylic acids is 1. The van der Waals surface area contributed by atoms with Crippen LogP contribution >= 0.6 is 0 Å². The van der Waals surface area contributed by atoms with Crippen molar-refractivity contribution in [1.29, 1.82) is 0 Å². The molecule has 0 bridgehead atoms. The van der Waals surface area contributed by atoms with Crippen molar-refractivity contribution in [1.82, 2.24) is 10.2 Å². The Kier molecular flexibility index (Phi) is 6.05. The summed E-state index contributed by atoms with van der Waals surface area (Å²) in [5.41, 5.74) is 0. The van der Waals surface area contributed by atoms with Crippen molar-refractivity contribution in [3.8, 4) is 5.75 Å². The Morgan fingerprint density at radius 2 is 1.95 bits per heavy atom. The van der Waals surface area contributed by atoms with Crippen LogP contribution in [0.1, 0.15) is 33.1 Å². The molecule has 1 amide bonds. The van der Waals surface area contributed by atoms with E-state index in [0.717, 1.165) is 38.2 Å². The average Bonchev–Trinajstić information content (AvgIpc) is 2.48. The molecule has 1 fully saturated rings. The lowest BCUT2D eigenvalue weighted by Crippen LogP contribution is -2.42. The maximum Gasteiger partial charge on any atom is 0.223 e. The molecule has 1 saturated heterocycles. The molecule has 1 aromatic carbocycles. The molecule has 116 valence electrons. The molecule has 1 N–H and O–H groups in total. The Morgan fingerprint density at radius 1 is 1.29 bits per heavy atom. The summed E-state index contributed by atoms with van der Waals surface area (Å²) in [4.78, 5) is 14.1. The third-order valence-electron chi connectivity index (χ3n) is 3.73. The second-order valence-corrected chi connectivity index (χ2v) is 5.87. The molecule has 4 nitrogen and oxygen atoms in total. The largest absolute Gasteiger partial charge is 0.490 e. The van der Waals surface area contributed by atoms with E-state index in [1.165, 1.54) is 0 Å². The van der Waals surface area contributed by atoms with E-state index in [0.29, 0.717) is 12.5 Å². The number of hydrogen-bond donors (Lipinski definition) is 1. The predicted molar refractivity (Wildman–Crippen MR) is 84.4 cm³/mol. The van der Waals surface area contributed by atoms with E-state index in [4.69, 9.17) is 4.74 Å². The van der Waals surface area contributed by atoms with Crippen LogP contribution in [0.5, 0.6) is 5.75 Å². The zero-order chi connectivity index (χ0) is 15.1. The number of piperidine rings is 1. The molecule has 0 radical (unpaired) electrons. The lowest BCUT2D eigenvalue weighted by atomic mass is 10.1. The van der Waals surface area contributed by atoms with Crippen LogP contribution in [-0.2, 0) is 4.79 Å². The molecule has 1 heterocycles. The number of nitrogens with zero attached hydrogens (tertiary/aromatic N) is 1. The smallest absolute Gasteiger partial charge is 0.223 e. The Hall–Kier alpha value is -1.55. The molecule has 2 rings (SSSR count). The normalized spacial score (nSPS) is 16.2. The molecule has 0 spiro atoms. The van der Waals surface area contributed by atoms with Crippen molar-refractivity contribution in [3.05, 3.63) is 30.3 Å². The zero-order valence-electron chi connectivity index (χ0n) is 13.0. The first kappa shape index (κ1) is 15.8. The highest BCUT2D eigenvalue weighted by Gasteiger charge is 2.23. The fourth-order valence-corrected chi connectivity index (χ4v) is 2.54. The highest BCUT2D eigenvalue weighted by Crippen LogP contribution is 2.18. The van der Waals surface area contributed by atoms with E-state index in [2.05, 4.69) is 19.2 Å². The van der Waals surface area contributed by atoms with E-state index >= 15 is 0 Å². The predicted octanol–water partition coefficient (Wildman–Crippen LogP) is 2.44. The SMILES string of the molecule is CC(C)NCCC(=O)N1CCC(Oc2ccccc2)CC1. The molecule has 0 atom stereocenters. The van der Waals surface area contributed by atoms with Crippen molar-refractivity contribution in [2.75, 3.05) is 19.6 Å². The molecule has 0 unspecified atom stereocenters. The van der Waals surface area contributed by atoms with Crippen LogP contribution < -0.4 is 10.1 Å². The minimum absolute atomic E-state index is 0.227. The van der Waals surface area contributed by atoms with Gasteiger partial charge in [-0.25, -0.2) is 0 Å². The molecule has 21 heavy (non-hydrogen) atoms. The second kappa shape index (κ2) is 8.03. The third kappa shape index (κ3) is 5.38. The standard InChI is InChI=1S/C17H26N2O2/c1-14(2)18-11-8-17(20)19-12-9-16(10-13-19)21-15-6-4-3-5-7-15/h3-7,14,16,18H,8-13H2,1-2H3. The van der Waals surface area contributed by atoms with Crippen molar-refractivity contribution in [2.24, 2.45) is 0 Å². The van der Waals surface area contributed by atoms with Gasteiger partial charge in [0.15, 0.2) is 0 Å². The number of carbonyl (C=O) groups is 1. The third-order valence-corrected chi connectivity index (χ3v) is 3.73. The Balaban J connectivity index is 1.69. The summed E-state index contributed by atoms with van der Waals surface area (Å²) in [7, 11) is 0. The molecule has 1 aliphatic rings. The summed E-state index contributed by atoms with van der Waals surface area (Å²) in [5.74, 6) is 1.17. The molecule has 4 heteroatoms. The van der Waals surface area contributed by atoms with Crippen LogP contribution in [0.4, 0.5) is 0 Å². The summed E-state index contributed by atoms with van der Waals surface area (Å²) in [6.07, 6.45) is 2.64. The highest BCUT2D eigenvalue weighted by atomic mass is 16.5. The number of para-hydroxylation sites is 1. The van der Waals surface area contributed by atoms with Gasteiger partial charge in [-0.15, -0.1) is 0 Å². The van der Waals surface area contributed by atoms with E-state index in [1.54, 1.807) is 0 Å². The number of amides is 1. The van der Waals surface area contributed by atoms with Crippen molar-refractivity contribution in [3.63, 3.8) is 0 Å². The Labute approximate surface area is 127 Å². The minimum Gasteiger partial charge on any atom is -0.490 e. The number of ether oxygens (including phenoxy) is 1. The van der Waals surface area contributed by atoms with Gasteiger partial charge >= 0.3 is 0 Å². The topological polar surface area (TPSA) is 41.6 Å². The lowest BCUT2D eigenvalue weighted by molar-refractivity contribution is -0.132. The number of benzene rings is 1. The maximum atomic E-state index is 12.1. The van der Waals surface area contributed by atoms with Gasteiger partial charge in [0.05, 0.1) is 0 Å². The number of rotatable bonds is 6.